The molecule has 0 spiro atoms. The molecule has 0 radical (unpaired) electrons. The molecule has 0 aliphatic heterocycles. The van der Waals surface area contributed by atoms with Crippen LogP contribution in [0.25, 0.3) is 11.1 Å². The number of nitrogens with zero attached hydrogens (tertiary/aromatic N) is 2. The Morgan fingerprint density at radius 2 is 1.93 bits per heavy atom. The van der Waals surface area contributed by atoms with E-state index in [1.54, 1.807) is 32.0 Å². The number of hydrogen-bond acceptors (Lipinski definition) is 9. The number of esters is 2. The molecule has 0 saturated carbocycles. The zero-order valence-electron chi connectivity index (χ0n) is 15.1. The average Bonchev–Trinajstić information content (AvgIpc) is 2.98. The maximum absolute atomic E-state index is 12.3. The number of benzene rings is 1. The Balaban J connectivity index is 1.86. The first-order valence-corrected chi connectivity index (χ1v) is 9.05. The van der Waals surface area contributed by atoms with E-state index in [1.807, 2.05) is 0 Å². The molecule has 0 aliphatic carbocycles. The molecule has 28 heavy (non-hydrogen) atoms. The maximum Gasteiger partial charge on any atom is 0.342 e. The fourth-order valence-corrected chi connectivity index (χ4v) is 2.97. The van der Waals surface area contributed by atoms with Gasteiger partial charge in [0.1, 0.15) is 17.1 Å². The van der Waals surface area contributed by atoms with Crippen LogP contribution < -0.4 is 11.5 Å². The fourth-order valence-electron chi connectivity index (χ4n) is 2.61. The third-order valence-electron chi connectivity index (χ3n) is 3.85. The summed E-state index contributed by atoms with van der Waals surface area (Å²) < 4.78 is 16.4. The van der Waals surface area contributed by atoms with Crippen LogP contribution in [0.4, 0.5) is 11.5 Å². The highest BCUT2D eigenvalue weighted by Gasteiger charge is 2.24. The van der Waals surface area contributed by atoms with Crippen LogP contribution in [0.1, 0.15) is 39.2 Å². The van der Waals surface area contributed by atoms with Gasteiger partial charge in [-0.05, 0) is 32.0 Å². The molecule has 9 nitrogen and oxygen atoms in total. The summed E-state index contributed by atoms with van der Waals surface area (Å²) in [5.74, 6) is -0.748. The molecular formula is C18H17BrN4O5. The van der Waals surface area contributed by atoms with E-state index >= 15 is 0 Å². The molecule has 3 aromatic rings. The van der Waals surface area contributed by atoms with Crippen LogP contribution in [-0.2, 0) is 16.1 Å². The minimum absolute atomic E-state index is 0.0259. The minimum atomic E-state index is -0.635. The summed E-state index contributed by atoms with van der Waals surface area (Å²) in [6.07, 6.45) is 0. The normalized spacial score (nSPS) is 10.8. The lowest BCUT2D eigenvalue weighted by Crippen LogP contribution is -2.11. The monoisotopic (exact) mass is 448 g/mol. The predicted molar refractivity (Wildman–Crippen MR) is 105 cm³/mol. The van der Waals surface area contributed by atoms with Gasteiger partial charge in [0.25, 0.3) is 0 Å². The maximum atomic E-state index is 12.3. The van der Waals surface area contributed by atoms with Crippen LogP contribution in [-0.4, -0.2) is 28.5 Å². The van der Waals surface area contributed by atoms with Crippen LogP contribution in [0, 0.1) is 6.92 Å². The van der Waals surface area contributed by atoms with Gasteiger partial charge in [0.05, 0.1) is 17.6 Å². The van der Waals surface area contributed by atoms with Crippen LogP contribution in [0.15, 0.2) is 27.1 Å². The predicted octanol–water partition coefficient (Wildman–Crippen LogP) is 2.99. The lowest BCUT2D eigenvalue weighted by atomic mass is 10.2. The lowest BCUT2D eigenvalue weighted by Gasteiger charge is -2.07. The van der Waals surface area contributed by atoms with Gasteiger partial charge < -0.3 is 25.4 Å². The molecule has 4 N–H and O–H groups in total. The standard InChI is InChI=1S/C18H17BrN4O5/c1-3-26-18(25)13-8(2)28-16-14(13)15(21)22-12(23-16)7-27-17(24)10-6-9(19)4-5-11(10)20/h4-6H,3,7,20H2,1-2H3,(H2,21,22,23). The Labute approximate surface area is 168 Å². The van der Waals surface area contributed by atoms with Gasteiger partial charge in [0, 0.05) is 10.2 Å². The summed E-state index contributed by atoms with van der Waals surface area (Å²) in [4.78, 5) is 32.7. The molecule has 2 heterocycles. The third kappa shape index (κ3) is 3.77. The first-order valence-electron chi connectivity index (χ1n) is 8.26. The highest BCUT2D eigenvalue weighted by atomic mass is 79.9. The van der Waals surface area contributed by atoms with Gasteiger partial charge in [-0.1, -0.05) is 15.9 Å². The highest BCUT2D eigenvalue weighted by molar-refractivity contribution is 9.10. The Hall–Kier alpha value is -3.14. The van der Waals surface area contributed by atoms with Gasteiger partial charge in [-0.3, -0.25) is 0 Å². The van der Waals surface area contributed by atoms with Crippen molar-refractivity contribution in [2.75, 3.05) is 18.1 Å². The van der Waals surface area contributed by atoms with Crippen molar-refractivity contribution in [2.24, 2.45) is 0 Å². The number of aromatic nitrogens is 2. The number of carbonyl (C=O) groups is 2. The van der Waals surface area contributed by atoms with Crippen LogP contribution in [0.2, 0.25) is 0 Å². The van der Waals surface area contributed by atoms with Crippen molar-refractivity contribution in [2.45, 2.75) is 20.5 Å². The molecule has 146 valence electrons. The van der Waals surface area contributed by atoms with Gasteiger partial charge in [0.15, 0.2) is 12.4 Å². The molecule has 3 rings (SSSR count). The van der Waals surface area contributed by atoms with Crippen molar-refractivity contribution in [1.29, 1.82) is 0 Å². The Morgan fingerprint density at radius 3 is 2.64 bits per heavy atom. The van der Waals surface area contributed by atoms with Gasteiger partial charge >= 0.3 is 11.9 Å². The van der Waals surface area contributed by atoms with E-state index in [-0.39, 0.29) is 52.8 Å². The molecule has 0 amide bonds. The third-order valence-corrected chi connectivity index (χ3v) is 4.34. The number of nitrogen functional groups attached to an aromatic ring is 2. The SMILES string of the molecule is CCOC(=O)c1c(C)oc2nc(COC(=O)c3cc(Br)ccc3N)nc(N)c12. The lowest BCUT2D eigenvalue weighted by molar-refractivity contribution is 0.0462. The second-order valence-corrected chi connectivity index (χ2v) is 6.68. The van der Waals surface area contributed by atoms with Gasteiger partial charge in [-0.2, -0.15) is 4.98 Å². The topological polar surface area (TPSA) is 144 Å². The van der Waals surface area contributed by atoms with Crippen molar-refractivity contribution >= 4 is 50.5 Å². The summed E-state index contributed by atoms with van der Waals surface area (Å²) in [7, 11) is 0. The summed E-state index contributed by atoms with van der Waals surface area (Å²) >= 11 is 3.27. The van der Waals surface area contributed by atoms with Gasteiger partial charge in [-0.15, -0.1) is 0 Å². The van der Waals surface area contributed by atoms with Crippen LogP contribution in [0.5, 0.6) is 0 Å². The van der Waals surface area contributed by atoms with Crippen LogP contribution in [0.3, 0.4) is 0 Å². The van der Waals surface area contributed by atoms with E-state index < -0.39 is 11.9 Å². The van der Waals surface area contributed by atoms with E-state index in [4.69, 9.17) is 25.4 Å². The number of anilines is 2. The van der Waals surface area contributed by atoms with Crippen molar-refractivity contribution in [1.82, 2.24) is 9.97 Å². The quantitative estimate of drug-likeness (QED) is 0.444. The second-order valence-electron chi connectivity index (χ2n) is 5.77. The smallest absolute Gasteiger partial charge is 0.342 e. The molecule has 0 aliphatic rings. The molecule has 1 aromatic carbocycles. The summed E-state index contributed by atoms with van der Waals surface area (Å²) in [5, 5.41) is 0.266. The van der Waals surface area contributed by atoms with E-state index in [9.17, 15) is 9.59 Å². The molecule has 0 unspecified atom stereocenters. The second kappa shape index (κ2) is 7.85. The first kappa shape index (κ1) is 19.6. The van der Waals surface area contributed by atoms with Crippen molar-refractivity contribution in [3.8, 4) is 0 Å². The van der Waals surface area contributed by atoms with Crippen molar-refractivity contribution in [3.05, 3.63) is 45.4 Å². The molecule has 0 fully saturated rings. The number of furan rings is 1. The summed E-state index contributed by atoms with van der Waals surface area (Å²) in [5.41, 5.74) is 12.6. The molecule has 10 heteroatoms. The van der Waals surface area contributed by atoms with E-state index in [0.717, 1.165) is 0 Å². The first-order chi connectivity index (χ1) is 13.3. The molecule has 0 bridgehead atoms. The van der Waals surface area contributed by atoms with Gasteiger partial charge in [0.2, 0.25) is 5.71 Å². The highest BCUT2D eigenvalue weighted by Crippen LogP contribution is 2.29. The van der Waals surface area contributed by atoms with Crippen molar-refractivity contribution < 1.29 is 23.5 Å². The number of carbonyl (C=O) groups excluding carboxylic acids is 2. The fraction of sp³-hybridized carbons (Fsp3) is 0.222. The number of rotatable bonds is 5. The number of hydrogen-bond donors (Lipinski definition) is 2. The van der Waals surface area contributed by atoms with E-state index in [2.05, 4.69) is 25.9 Å². The van der Waals surface area contributed by atoms with E-state index in [0.29, 0.717) is 10.2 Å². The number of ether oxygens (including phenoxy) is 2. The Kier molecular flexibility index (Phi) is 5.50. The zero-order chi connectivity index (χ0) is 20.4. The molecule has 2 aromatic heterocycles. The molecular weight excluding hydrogens is 432 g/mol. The van der Waals surface area contributed by atoms with E-state index in [1.165, 1.54) is 0 Å². The Morgan fingerprint density at radius 1 is 1.18 bits per heavy atom. The molecule has 0 saturated heterocycles. The summed E-state index contributed by atoms with van der Waals surface area (Å²) in [6.45, 7) is 3.25. The Bertz CT molecular complexity index is 1080. The largest absolute Gasteiger partial charge is 0.462 e. The zero-order valence-corrected chi connectivity index (χ0v) is 16.7. The molecule has 0 atom stereocenters. The van der Waals surface area contributed by atoms with Crippen LogP contribution >= 0.6 is 15.9 Å². The number of aryl methyl sites for hydroxylation is 1. The number of halogens is 1. The minimum Gasteiger partial charge on any atom is -0.462 e. The van der Waals surface area contributed by atoms with Crippen molar-refractivity contribution in [3.63, 3.8) is 0 Å². The average molecular weight is 449 g/mol. The number of nitrogens with two attached hydrogens (primary N) is 2. The summed E-state index contributed by atoms with van der Waals surface area (Å²) in [6, 6.07) is 4.85. The van der Waals surface area contributed by atoms with Gasteiger partial charge in [-0.25, -0.2) is 14.6 Å². The number of fused-ring (bicyclic) bond motifs is 1.